The average molecular weight is 350 g/mol. The number of aromatic nitrogens is 2. The van der Waals surface area contributed by atoms with E-state index in [1.54, 1.807) is 17.5 Å². The van der Waals surface area contributed by atoms with E-state index < -0.39 is 0 Å². The molecule has 0 aliphatic carbocycles. The largest absolute Gasteiger partial charge is 0.321 e. The van der Waals surface area contributed by atoms with Crippen LogP contribution in [0.5, 0.6) is 0 Å². The van der Waals surface area contributed by atoms with Gasteiger partial charge >= 0.3 is 0 Å². The van der Waals surface area contributed by atoms with Gasteiger partial charge in [-0.1, -0.05) is 22.0 Å². The average Bonchev–Trinajstić information content (AvgIpc) is 2.91. The van der Waals surface area contributed by atoms with Crippen LogP contribution >= 0.6 is 27.3 Å². The summed E-state index contributed by atoms with van der Waals surface area (Å²) in [4.78, 5) is 18.5. The van der Waals surface area contributed by atoms with Crippen LogP contribution in [0.25, 0.3) is 4.96 Å². The van der Waals surface area contributed by atoms with E-state index in [9.17, 15) is 4.79 Å². The minimum absolute atomic E-state index is 0.200. The topological polar surface area (TPSA) is 46.4 Å². The lowest BCUT2D eigenvalue weighted by atomic mass is 10.2. The van der Waals surface area contributed by atoms with Crippen molar-refractivity contribution >= 4 is 43.8 Å². The number of anilines is 1. The number of amides is 1. The first kappa shape index (κ1) is 13.3. The molecule has 3 aromatic rings. The highest BCUT2D eigenvalue weighted by Gasteiger charge is 2.12. The number of nitrogens with zero attached hydrogens (tertiary/aromatic N) is 2. The highest BCUT2D eigenvalue weighted by atomic mass is 79.9. The second-order valence-corrected chi connectivity index (χ2v) is 6.64. The third kappa shape index (κ3) is 2.48. The molecule has 2 heterocycles. The Morgan fingerprint density at radius 1 is 1.35 bits per heavy atom. The predicted molar refractivity (Wildman–Crippen MR) is 84.6 cm³/mol. The van der Waals surface area contributed by atoms with E-state index in [0.29, 0.717) is 5.69 Å². The summed E-state index contributed by atoms with van der Waals surface area (Å²) < 4.78 is 2.84. The van der Waals surface area contributed by atoms with Gasteiger partial charge in [0.15, 0.2) is 4.96 Å². The van der Waals surface area contributed by atoms with Gasteiger partial charge in [-0.25, -0.2) is 4.98 Å². The fourth-order valence-corrected chi connectivity index (χ4v) is 3.07. The van der Waals surface area contributed by atoms with Crippen LogP contribution in [-0.2, 0) is 0 Å². The molecule has 1 N–H and O–H groups in total. The van der Waals surface area contributed by atoms with Crippen molar-refractivity contribution < 1.29 is 4.79 Å². The molecular formula is C14H12BrN3OS. The van der Waals surface area contributed by atoms with E-state index in [1.807, 2.05) is 42.6 Å². The molecule has 0 bridgehead atoms. The number of halogens is 1. The predicted octanol–water partition coefficient (Wildman–Crippen LogP) is 4.03. The number of hydrogen-bond donors (Lipinski definition) is 1. The van der Waals surface area contributed by atoms with Crippen LogP contribution in [0.4, 0.5) is 5.69 Å². The van der Waals surface area contributed by atoms with E-state index >= 15 is 0 Å². The summed E-state index contributed by atoms with van der Waals surface area (Å²) in [6, 6.07) is 5.71. The Hall–Kier alpha value is -1.66. The van der Waals surface area contributed by atoms with Crippen LogP contribution in [0.15, 0.2) is 35.1 Å². The van der Waals surface area contributed by atoms with Gasteiger partial charge in [-0.05, 0) is 31.5 Å². The Morgan fingerprint density at radius 3 is 2.85 bits per heavy atom. The number of fused-ring (bicyclic) bond motifs is 1. The molecule has 1 amide bonds. The summed E-state index contributed by atoms with van der Waals surface area (Å²) >= 11 is 5.02. The molecule has 0 saturated heterocycles. The number of hydrogen-bond acceptors (Lipinski definition) is 3. The highest BCUT2D eigenvalue weighted by Crippen LogP contribution is 2.21. The zero-order chi connectivity index (χ0) is 14.3. The van der Waals surface area contributed by atoms with Gasteiger partial charge in [-0.15, -0.1) is 11.3 Å². The fraction of sp³-hybridized carbons (Fsp3) is 0.143. The van der Waals surface area contributed by atoms with Gasteiger partial charge in [0.1, 0.15) is 5.69 Å². The van der Waals surface area contributed by atoms with Crippen LogP contribution in [0.2, 0.25) is 0 Å². The number of aryl methyl sites for hydroxylation is 2. The molecule has 102 valence electrons. The second-order valence-electron chi connectivity index (χ2n) is 4.58. The minimum Gasteiger partial charge on any atom is -0.321 e. The number of nitrogens with one attached hydrogen (secondary N) is 1. The van der Waals surface area contributed by atoms with Crippen molar-refractivity contribution in [2.45, 2.75) is 13.8 Å². The number of benzene rings is 1. The van der Waals surface area contributed by atoms with Crippen molar-refractivity contribution in [2.24, 2.45) is 0 Å². The Labute approximate surface area is 128 Å². The molecule has 0 aliphatic heterocycles. The Bertz CT molecular complexity index is 774. The Balaban J connectivity index is 1.84. The Kier molecular flexibility index (Phi) is 3.35. The smallest absolute Gasteiger partial charge is 0.275 e. The quantitative estimate of drug-likeness (QED) is 0.759. The van der Waals surface area contributed by atoms with Crippen molar-refractivity contribution in [3.8, 4) is 0 Å². The first-order chi connectivity index (χ1) is 9.52. The molecule has 0 aliphatic rings. The van der Waals surface area contributed by atoms with Crippen molar-refractivity contribution in [3.05, 3.63) is 51.2 Å². The number of rotatable bonds is 2. The van der Waals surface area contributed by atoms with Gasteiger partial charge in [0.05, 0.1) is 0 Å². The molecular weight excluding hydrogens is 338 g/mol. The van der Waals surface area contributed by atoms with Crippen molar-refractivity contribution in [1.82, 2.24) is 9.38 Å². The normalized spacial score (nSPS) is 10.9. The van der Waals surface area contributed by atoms with Crippen molar-refractivity contribution in [2.75, 3.05) is 5.32 Å². The molecule has 0 spiro atoms. The zero-order valence-electron chi connectivity index (χ0n) is 11.0. The third-order valence-corrected chi connectivity index (χ3v) is 4.70. The van der Waals surface area contributed by atoms with E-state index in [1.165, 1.54) is 4.88 Å². The van der Waals surface area contributed by atoms with Gasteiger partial charge in [-0.3, -0.25) is 9.20 Å². The maximum absolute atomic E-state index is 12.2. The third-order valence-electron chi connectivity index (χ3n) is 2.93. The molecule has 3 rings (SSSR count). The molecule has 4 nitrogen and oxygen atoms in total. The van der Waals surface area contributed by atoms with Crippen LogP contribution in [0.1, 0.15) is 20.9 Å². The lowest BCUT2D eigenvalue weighted by Crippen LogP contribution is -2.12. The SMILES string of the molecule is Cc1cn2cc(C(=O)Nc3ccc(C)c(Br)c3)nc2s1. The van der Waals surface area contributed by atoms with E-state index in [4.69, 9.17) is 0 Å². The maximum atomic E-state index is 12.2. The van der Waals surface area contributed by atoms with Crippen LogP contribution in [-0.4, -0.2) is 15.3 Å². The first-order valence-corrected chi connectivity index (χ1v) is 7.66. The summed E-state index contributed by atoms with van der Waals surface area (Å²) in [6.45, 7) is 4.02. The van der Waals surface area contributed by atoms with Gasteiger partial charge in [0.25, 0.3) is 5.91 Å². The molecule has 6 heteroatoms. The summed E-state index contributed by atoms with van der Waals surface area (Å²) in [5, 5.41) is 2.85. The lowest BCUT2D eigenvalue weighted by molar-refractivity contribution is 0.102. The van der Waals surface area contributed by atoms with Crippen molar-refractivity contribution in [1.29, 1.82) is 0 Å². The molecule has 1 aromatic carbocycles. The minimum atomic E-state index is -0.200. The van der Waals surface area contributed by atoms with Gasteiger partial charge < -0.3 is 5.32 Å². The molecule has 2 aromatic heterocycles. The molecule has 0 unspecified atom stereocenters. The monoisotopic (exact) mass is 349 g/mol. The summed E-state index contributed by atoms with van der Waals surface area (Å²) in [5.74, 6) is -0.200. The van der Waals surface area contributed by atoms with E-state index in [-0.39, 0.29) is 5.91 Å². The number of thiazole rings is 1. The van der Waals surface area contributed by atoms with Crippen LogP contribution < -0.4 is 5.32 Å². The highest BCUT2D eigenvalue weighted by molar-refractivity contribution is 9.10. The lowest BCUT2D eigenvalue weighted by Gasteiger charge is -2.05. The summed E-state index contributed by atoms with van der Waals surface area (Å²) in [7, 11) is 0. The zero-order valence-corrected chi connectivity index (χ0v) is 13.4. The first-order valence-electron chi connectivity index (χ1n) is 6.05. The van der Waals surface area contributed by atoms with E-state index in [2.05, 4.69) is 26.2 Å². The van der Waals surface area contributed by atoms with Gasteiger partial charge in [-0.2, -0.15) is 0 Å². The molecule has 0 fully saturated rings. The second kappa shape index (κ2) is 5.03. The molecule has 0 saturated carbocycles. The maximum Gasteiger partial charge on any atom is 0.275 e. The molecule has 0 radical (unpaired) electrons. The number of carbonyl (C=O) groups is 1. The van der Waals surface area contributed by atoms with Crippen LogP contribution in [0.3, 0.4) is 0 Å². The summed E-state index contributed by atoms with van der Waals surface area (Å²) in [6.07, 6.45) is 3.71. The standard InChI is InChI=1S/C14H12BrN3OS/c1-8-3-4-10(5-11(8)15)16-13(19)12-7-18-6-9(2)20-14(18)17-12/h3-7H,1-2H3,(H,16,19). The van der Waals surface area contributed by atoms with Crippen LogP contribution in [0, 0.1) is 13.8 Å². The fourth-order valence-electron chi connectivity index (χ4n) is 1.89. The molecule has 0 atom stereocenters. The Morgan fingerprint density at radius 2 is 2.15 bits per heavy atom. The van der Waals surface area contributed by atoms with E-state index in [0.717, 1.165) is 20.7 Å². The van der Waals surface area contributed by atoms with Gasteiger partial charge in [0, 0.05) is 27.4 Å². The molecule has 20 heavy (non-hydrogen) atoms. The number of carbonyl (C=O) groups excluding carboxylic acids is 1. The summed E-state index contributed by atoms with van der Waals surface area (Å²) in [5.41, 5.74) is 2.30. The van der Waals surface area contributed by atoms with Gasteiger partial charge in [0.2, 0.25) is 0 Å². The van der Waals surface area contributed by atoms with Crippen molar-refractivity contribution in [3.63, 3.8) is 0 Å². The number of imidazole rings is 1.